The Morgan fingerprint density at radius 1 is 1.25 bits per heavy atom. The molecule has 2 heteroatoms. The van der Waals surface area contributed by atoms with Gasteiger partial charge in [0.1, 0.15) is 5.76 Å². The first kappa shape index (κ1) is 11.2. The van der Waals surface area contributed by atoms with Crippen LogP contribution >= 0.6 is 0 Å². The monoisotopic (exact) mass is 217 g/mol. The fourth-order valence-electron chi connectivity index (χ4n) is 2.06. The van der Waals surface area contributed by atoms with Crippen molar-refractivity contribution in [1.82, 2.24) is 0 Å². The Morgan fingerprint density at radius 3 is 2.50 bits per heavy atom. The van der Waals surface area contributed by atoms with Gasteiger partial charge in [-0.05, 0) is 11.6 Å². The Kier molecular flexibility index (Phi) is 3.01. The van der Waals surface area contributed by atoms with Crippen molar-refractivity contribution in [1.29, 1.82) is 0 Å². The third-order valence-corrected chi connectivity index (χ3v) is 3.33. The highest BCUT2D eigenvalue weighted by Gasteiger charge is 2.32. The molecule has 0 aliphatic carbocycles. The average Bonchev–Trinajstić information content (AvgIpc) is 2.82. The standard InChI is InChI=1S/C14H19NO/c1-14(2,11-7-4-3-5-8-11)13(15)12-9-6-10-16-12/h3-5,7-9,13H,6,10,15H2,1-2H3. The summed E-state index contributed by atoms with van der Waals surface area (Å²) in [6, 6.07) is 10.3. The lowest BCUT2D eigenvalue weighted by Crippen LogP contribution is -2.42. The second kappa shape index (κ2) is 4.30. The summed E-state index contributed by atoms with van der Waals surface area (Å²) in [7, 11) is 0. The molecule has 1 aromatic carbocycles. The van der Waals surface area contributed by atoms with Crippen LogP contribution < -0.4 is 5.73 Å². The SMILES string of the molecule is CC(C)(c1ccccc1)C(N)C1=CCCO1. The molecule has 0 bridgehead atoms. The molecule has 2 rings (SSSR count). The maximum atomic E-state index is 6.30. The molecule has 1 atom stereocenters. The molecule has 2 N–H and O–H groups in total. The first-order valence-corrected chi connectivity index (χ1v) is 5.76. The molecule has 0 fully saturated rings. The number of ether oxygens (including phenoxy) is 1. The zero-order valence-corrected chi connectivity index (χ0v) is 9.94. The van der Waals surface area contributed by atoms with Crippen molar-refractivity contribution in [2.75, 3.05) is 6.61 Å². The lowest BCUT2D eigenvalue weighted by atomic mass is 9.77. The van der Waals surface area contributed by atoms with Crippen LogP contribution in [0.3, 0.4) is 0 Å². The smallest absolute Gasteiger partial charge is 0.110 e. The van der Waals surface area contributed by atoms with Crippen LogP contribution in [0.4, 0.5) is 0 Å². The van der Waals surface area contributed by atoms with Gasteiger partial charge in [-0.25, -0.2) is 0 Å². The summed E-state index contributed by atoms with van der Waals surface area (Å²) in [5.41, 5.74) is 7.44. The molecule has 0 spiro atoms. The first-order valence-electron chi connectivity index (χ1n) is 5.76. The highest BCUT2D eigenvalue weighted by Crippen LogP contribution is 2.31. The van der Waals surface area contributed by atoms with E-state index in [0.717, 1.165) is 18.8 Å². The Morgan fingerprint density at radius 2 is 1.94 bits per heavy atom. The Labute approximate surface area is 97.1 Å². The van der Waals surface area contributed by atoms with E-state index in [1.54, 1.807) is 0 Å². The third kappa shape index (κ3) is 1.98. The van der Waals surface area contributed by atoms with Crippen LogP contribution in [0.1, 0.15) is 25.8 Å². The molecule has 1 heterocycles. The molecule has 0 amide bonds. The van der Waals surface area contributed by atoms with Crippen molar-refractivity contribution in [3.63, 3.8) is 0 Å². The van der Waals surface area contributed by atoms with Crippen molar-refractivity contribution >= 4 is 0 Å². The van der Waals surface area contributed by atoms with Crippen molar-refractivity contribution in [2.45, 2.75) is 31.7 Å². The summed E-state index contributed by atoms with van der Waals surface area (Å²) in [6.45, 7) is 5.10. The van der Waals surface area contributed by atoms with Gasteiger partial charge in [-0.1, -0.05) is 44.2 Å². The Hall–Kier alpha value is -1.28. The van der Waals surface area contributed by atoms with Crippen LogP contribution in [-0.4, -0.2) is 12.6 Å². The summed E-state index contributed by atoms with van der Waals surface area (Å²) < 4.78 is 5.56. The van der Waals surface area contributed by atoms with Crippen LogP contribution in [0.5, 0.6) is 0 Å². The van der Waals surface area contributed by atoms with Crippen LogP contribution in [0.2, 0.25) is 0 Å². The minimum atomic E-state index is -0.0998. The molecule has 0 saturated carbocycles. The van der Waals surface area contributed by atoms with Gasteiger partial charge in [0.25, 0.3) is 0 Å². The van der Waals surface area contributed by atoms with Gasteiger partial charge in [0.2, 0.25) is 0 Å². The van der Waals surface area contributed by atoms with Gasteiger partial charge in [0, 0.05) is 11.8 Å². The van der Waals surface area contributed by atoms with Gasteiger partial charge >= 0.3 is 0 Å². The maximum absolute atomic E-state index is 6.30. The van der Waals surface area contributed by atoms with E-state index < -0.39 is 0 Å². The molecular formula is C14H19NO. The molecule has 2 nitrogen and oxygen atoms in total. The minimum Gasteiger partial charge on any atom is -0.496 e. The fourth-order valence-corrected chi connectivity index (χ4v) is 2.06. The molecule has 1 aliphatic heterocycles. The van der Waals surface area contributed by atoms with Gasteiger partial charge in [-0.15, -0.1) is 0 Å². The highest BCUT2D eigenvalue weighted by molar-refractivity contribution is 5.29. The van der Waals surface area contributed by atoms with Crippen LogP contribution in [0.15, 0.2) is 42.2 Å². The number of benzene rings is 1. The van der Waals surface area contributed by atoms with Gasteiger partial charge in [0.05, 0.1) is 12.6 Å². The first-order chi connectivity index (χ1) is 7.62. The van der Waals surface area contributed by atoms with E-state index in [1.807, 2.05) is 18.2 Å². The number of hydrogen-bond acceptors (Lipinski definition) is 2. The summed E-state index contributed by atoms with van der Waals surface area (Å²) in [6.07, 6.45) is 3.09. The van der Waals surface area contributed by atoms with Gasteiger partial charge in [-0.3, -0.25) is 0 Å². The third-order valence-electron chi connectivity index (χ3n) is 3.33. The minimum absolute atomic E-state index is 0.0719. The van der Waals surface area contributed by atoms with Crippen molar-refractivity contribution in [3.8, 4) is 0 Å². The quantitative estimate of drug-likeness (QED) is 0.844. The number of nitrogens with two attached hydrogens (primary N) is 1. The van der Waals surface area contributed by atoms with Gasteiger partial charge < -0.3 is 10.5 Å². The van der Waals surface area contributed by atoms with E-state index >= 15 is 0 Å². The van der Waals surface area contributed by atoms with Gasteiger partial charge in [-0.2, -0.15) is 0 Å². The fraction of sp³-hybridized carbons (Fsp3) is 0.429. The average molecular weight is 217 g/mol. The van der Waals surface area contributed by atoms with E-state index in [9.17, 15) is 0 Å². The molecular weight excluding hydrogens is 198 g/mol. The topological polar surface area (TPSA) is 35.2 Å². The van der Waals surface area contributed by atoms with Crippen molar-refractivity contribution in [3.05, 3.63) is 47.7 Å². The second-order valence-electron chi connectivity index (χ2n) is 4.81. The van der Waals surface area contributed by atoms with E-state index in [-0.39, 0.29) is 11.5 Å². The van der Waals surface area contributed by atoms with E-state index in [4.69, 9.17) is 10.5 Å². The summed E-state index contributed by atoms with van der Waals surface area (Å²) in [5.74, 6) is 0.939. The molecule has 0 aromatic heterocycles. The number of rotatable bonds is 3. The van der Waals surface area contributed by atoms with Crippen LogP contribution in [0, 0.1) is 0 Å². The van der Waals surface area contributed by atoms with E-state index in [1.165, 1.54) is 5.56 Å². The van der Waals surface area contributed by atoms with E-state index in [2.05, 4.69) is 32.1 Å². The molecule has 0 saturated heterocycles. The molecule has 16 heavy (non-hydrogen) atoms. The summed E-state index contributed by atoms with van der Waals surface area (Å²) >= 11 is 0. The Bertz CT molecular complexity index is 381. The molecule has 1 unspecified atom stereocenters. The zero-order chi connectivity index (χ0) is 11.6. The van der Waals surface area contributed by atoms with Crippen LogP contribution in [0.25, 0.3) is 0 Å². The van der Waals surface area contributed by atoms with E-state index in [0.29, 0.717) is 0 Å². The normalized spacial score (nSPS) is 17.8. The van der Waals surface area contributed by atoms with Crippen molar-refractivity contribution < 1.29 is 4.74 Å². The summed E-state index contributed by atoms with van der Waals surface area (Å²) in [4.78, 5) is 0. The predicted octanol–water partition coefficient (Wildman–Crippen LogP) is 2.60. The molecule has 86 valence electrons. The lowest BCUT2D eigenvalue weighted by Gasteiger charge is -2.32. The molecule has 1 aliphatic rings. The summed E-state index contributed by atoms with van der Waals surface area (Å²) in [5, 5.41) is 0. The zero-order valence-electron chi connectivity index (χ0n) is 9.94. The second-order valence-corrected chi connectivity index (χ2v) is 4.81. The number of hydrogen-bond donors (Lipinski definition) is 1. The predicted molar refractivity (Wildman–Crippen MR) is 66.1 cm³/mol. The molecule has 0 radical (unpaired) electrons. The highest BCUT2D eigenvalue weighted by atomic mass is 16.5. The largest absolute Gasteiger partial charge is 0.496 e. The molecule has 1 aromatic rings. The lowest BCUT2D eigenvalue weighted by molar-refractivity contribution is 0.204. The maximum Gasteiger partial charge on any atom is 0.110 e. The Balaban J connectivity index is 2.24. The van der Waals surface area contributed by atoms with Crippen molar-refractivity contribution in [2.24, 2.45) is 5.73 Å². The van der Waals surface area contributed by atoms with Crippen LogP contribution in [-0.2, 0) is 10.2 Å². The van der Waals surface area contributed by atoms with Gasteiger partial charge in [0.15, 0.2) is 0 Å².